The molecule has 2 rings (SSSR count). The zero-order valence-corrected chi connectivity index (χ0v) is 10.5. The lowest BCUT2D eigenvalue weighted by Crippen LogP contribution is -2.13. The number of halogens is 3. The number of nitrogens with zero attached hydrogens (tertiary/aromatic N) is 3. The van der Waals surface area contributed by atoms with Crippen LogP contribution in [0.3, 0.4) is 0 Å². The molecule has 0 saturated heterocycles. The molecule has 6 nitrogen and oxygen atoms in total. The Kier molecular flexibility index (Phi) is 3.84. The maximum Gasteiger partial charge on any atom is 0.313 e. The number of hydrogen-bond acceptors (Lipinski definition) is 5. The van der Waals surface area contributed by atoms with Crippen molar-refractivity contribution in [2.45, 2.75) is 5.16 Å². The van der Waals surface area contributed by atoms with Gasteiger partial charge in [-0.2, -0.15) is 0 Å². The SMILES string of the molecule is Nn1c(SCC(=O)O)nnc1-c1ccc(F)c(F)c1F. The van der Waals surface area contributed by atoms with E-state index < -0.39 is 23.4 Å². The van der Waals surface area contributed by atoms with E-state index >= 15 is 0 Å². The Labute approximate surface area is 114 Å². The molecule has 20 heavy (non-hydrogen) atoms. The summed E-state index contributed by atoms with van der Waals surface area (Å²) in [4.78, 5) is 10.4. The van der Waals surface area contributed by atoms with E-state index in [0.29, 0.717) is 0 Å². The maximum absolute atomic E-state index is 13.6. The number of aromatic nitrogens is 3. The van der Waals surface area contributed by atoms with Gasteiger partial charge in [-0.05, 0) is 12.1 Å². The summed E-state index contributed by atoms with van der Waals surface area (Å²) < 4.78 is 40.4. The normalized spacial score (nSPS) is 10.8. The molecule has 0 bridgehead atoms. The third-order valence-electron chi connectivity index (χ3n) is 2.27. The zero-order chi connectivity index (χ0) is 14.9. The van der Waals surface area contributed by atoms with Gasteiger partial charge in [-0.25, -0.2) is 17.8 Å². The highest BCUT2D eigenvalue weighted by Crippen LogP contribution is 2.26. The van der Waals surface area contributed by atoms with Crippen molar-refractivity contribution < 1.29 is 23.1 Å². The topological polar surface area (TPSA) is 94.0 Å². The predicted molar refractivity (Wildman–Crippen MR) is 63.8 cm³/mol. The summed E-state index contributed by atoms with van der Waals surface area (Å²) in [5, 5.41) is 15.6. The zero-order valence-electron chi connectivity index (χ0n) is 9.68. The van der Waals surface area contributed by atoms with Crippen LogP contribution in [0.15, 0.2) is 17.3 Å². The summed E-state index contributed by atoms with van der Waals surface area (Å²) in [5.41, 5.74) is -0.374. The van der Waals surface area contributed by atoms with Crippen molar-refractivity contribution in [2.24, 2.45) is 0 Å². The second kappa shape index (κ2) is 5.41. The first kappa shape index (κ1) is 14.2. The number of thioether (sulfide) groups is 1. The average Bonchev–Trinajstić information content (AvgIpc) is 2.75. The molecule has 0 radical (unpaired) electrons. The highest BCUT2D eigenvalue weighted by Gasteiger charge is 2.20. The number of carbonyl (C=O) groups is 1. The molecule has 0 spiro atoms. The van der Waals surface area contributed by atoms with E-state index in [1.807, 2.05) is 0 Å². The molecule has 0 aliphatic heterocycles. The molecule has 0 fully saturated rings. The minimum absolute atomic E-state index is 0.00605. The van der Waals surface area contributed by atoms with E-state index in [1.54, 1.807) is 0 Å². The van der Waals surface area contributed by atoms with Gasteiger partial charge >= 0.3 is 5.97 Å². The van der Waals surface area contributed by atoms with Gasteiger partial charge in [0, 0.05) is 0 Å². The van der Waals surface area contributed by atoms with Crippen molar-refractivity contribution >= 4 is 17.7 Å². The molecular weight excluding hydrogens is 297 g/mol. The monoisotopic (exact) mass is 304 g/mol. The molecule has 0 atom stereocenters. The van der Waals surface area contributed by atoms with Crippen LogP contribution in [-0.4, -0.2) is 31.7 Å². The third-order valence-corrected chi connectivity index (χ3v) is 3.19. The number of nitrogen functional groups attached to an aromatic ring is 1. The Balaban J connectivity index is 2.40. The number of carboxylic acid groups (broad SMARTS) is 1. The molecule has 0 saturated carbocycles. The van der Waals surface area contributed by atoms with Crippen molar-refractivity contribution in [3.8, 4) is 11.4 Å². The van der Waals surface area contributed by atoms with Crippen LogP contribution < -0.4 is 5.84 Å². The fourth-order valence-electron chi connectivity index (χ4n) is 1.38. The fraction of sp³-hybridized carbons (Fsp3) is 0.100. The Bertz CT molecular complexity index is 677. The third kappa shape index (κ3) is 2.54. The van der Waals surface area contributed by atoms with Crippen LogP contribution in [0.1, 0.15) is 0 Å². The standard InChI is InChI=1S/C10H7F3N4O2S/c11-5-2-1-4(7(12)8(5)13)9-15-16-10(17(9)14)20-3-6(18)19/h1-2H,3,14H2,(H,18,19). The molecule has 1 aromatic heterocycles. The molecule has 106 valence electrons. The molecule has 1 heterocycles. The Hall–Kier alpha value is -2.23. The van der Waals surface area contributed by atoms with E-state index in [4.69, 9.17) is 10.9 Å². The van der Waals surface area contributed by atoms with Gasteiger partial charge in [-0.1, -0.05) is 11.8 Å². The number of rotatable bonds is 4. The van der Waals surface area contributed by atoms with Crippen molar-refractivity contribution in [1.29, 1.82) is 0 Å². The Morgan fingerprint density at radius 3 is 2.65 bits per heavy atom. The number of carboxylic acids is 1. The quantitative estimate of drug-likeness (QED) is 0.501. The van der Waals surface area contributed by atoms with Crippen LogP contribution >= 0.6 is 11.8 Å². The smallest absolute Gasteiger partial charge is 0.313 e. The van der Waals surface area contributed by atoms with Crippen LogP contribution in [0.2, 0.25) is 0 Å². The summed E-state index contributed by atoms with van der Waals surface area (Å²) in [7, 11) is 0. The second-order valence-corrected chi connectivity index (χ2v) is 4.52. The van der Waals surface area contributed by atoms with E-state index in [9.17, 15) is 18.0 Å². The number of hydrogen-bond donors (Lipinski definition) is 2. The van der Waals surface area contributed by atoms with E-state index in [-0.39, 0.29) is 22.3 Å². The van der Waals surface area contributed by atoms with Crippen LogP contribution in [0.25, 0.3) is 11.4 Å². The lowest BCUT2D eigenvalue weighted by atomic mass is 10.2. The van der Waals surface area contributed by atoms with Crippen LogP contribution in [0.4, 0.5) is 13.2 Å². The lowest BCUT2D eigenvalue weighted by Gasteiger charge is -2.05. The molecule has 0 amide bonds. The number of benzene rings is 1. The summed E-state index contributed by atoms with van der Waals surface area (Å²) in [5.74, 6) is -0.522. The lowest BCUT2D eigenvalue weighted by molar-refractivity contribution is -0.133. The minimum Gasteiger partial charge on any atom is -0.481 e. The molecule has 0 aliphatic carbocycles. The van der Waals surface area contributed by atoms with Crippen molar-refractivity contribution in [2.75, 3.05) is 11.6 Å². The second-order valence-electron chi connectivity index (χ2n) is 3.58. The fourth-order valence-corrected chi connectivity index (χ4v) is 1.96. The van der Waals surface area contributed by atoms with Crippen molar-refractivity contribution in [3.05, 3.63) is 29.6 Å². The minimum atomic E-state index is -1.65. The molecule has 1 aromatic carbocycles. The largest absolute Gasteiger partial charge is 0.481 e. The van der Waals surface area contributed by atoms with Crippen molar-refractivity contribution in [1.82, 2.24) is 14.9 Å². The van der Waals surface area contributed by atoms with Gasteiger partial charge < -0.3 is 10.9 Å². The van der Waals surface area contributed by atoms with E-state index in [0.717, 1.165) is 28.6 Å². The molecule has 10 heteroatoms. The van der Waals surface area contributed by atoms with E-state index in [2.05, 4.69) is 10.2 Å². The first-order chi connectivity index (χ1) is 9.41. The van der Waals surface area contributed by atoms with Gasteiger partial charge in [-0.15, -0.1) is 10.2 Å². The predicted octanol–water partition coefficient (Wildman–Crippen LogP) is 1.25. The van der Waals surface area contributed by atoms with Gasteiger partial charge in [0.2, 0.25) is 5.16 Å². The number of aliphatic carboxylic acids is 1. The highest BCUT2D eigenvalue weighted by atomic mass is 32.2. The molecule has 2 aromatic rings. The molecule has 0 aliphatic rings. The van der Waals surface area contributed by atoms with Gasteiger partial charge in [0.1, 0.15) is 0 Å². The highest BCUT2D eigenvalue weighted by molar-refractivity contribution is 7.99. The molecule has 3 N–H and O–H groups in total. The van der Waals surface area contributed by atoms with Gasteiger partial charge in [0.25, 0.3) is 0 Å². The van der Waals surface area contributed by atoms with Crippen molar-refractivity contribution in [3.63, 3.8) is 0 Å². The van der Waals surface area contributed by atoms with Crippen LogP contribution in [0.5, 0.6) is 0 Å². The summed E-state index contributed by atoms with van der Waals surface area (Å²) in [6.07, 6.45) is 0. The Morgan fingerprint density at radius 2 is 2.00 bits per heavy atom. The first-order valence-corrected chi connectivity index (χ1v) is 6.09. The Morgan fingerprint density at radius 1 is 1.30 bits per heavy atom. The van der Waals surface area contributed by atoms with Gasteiger partial charge in [0.05, 0.1) is 11.3 Å². The summed E-state index contributed by atoms with van der Waals surface area (Å²) >= 11 is 0.758. The molecular formula is C10H7F3N4O2S. The van der Waals surface area contributed by atoms with Gasteiger partial charge in [-0.3, -0.25) is 4.79 Å². The van der Waals surface area contributed by atoms with Crippen LogP contribution in [0, 0.1) is 17.5 Å². The maximum atomic E-state index is 13.6. The van der Waals surface area contributed by atoms with Crippen LogP contribution in [-0.2, 0) is 4.79 Å². The molecule has 0 unspecified atom stereocenters. The average molecular weight is 304 g/mol. The van der Waals surface area contributed by atoms with Gasteiger partial charge in [0.15, 0.2) is 23.3 Å². The summed E-state index contributed by atoms with van der Waals surface area (Å²) in [6, 6.07) is 1.69. The first-order valence-electron chi connectivity index (χ1n) is 5.10. The van der Waals surface area contributed by atoms with E-state index in [1.165, 1.54) is 0 Å². The number of nitrogens with two attached hydrogens (primary N) is 1. The summed E-state index contributed by atoms with van der Waals surface area (Å²) in [6.45, 7) is 0.